The molecule has 0 atom stereocenters. The van der Waals surface area contributed by atoms with E-state index in [0.29, 0.717) is 6.92 Å². The summed E-state index contributed by atoms with van der Waals surface area (Å²) in [6.07, 6.45) is -1.41. The van der Waals surface area contributed by atoms with Gasteiger partial charge in [0.15, 0.2) is 0 Å². The summed E-state index contributed by atoms with van der Waals surface area (Å²) < 4.78 is 155. The van der Waals surface area contributed by atoms with Crippen molar-refractivity contribution in [3.8, 4) is 11.5 Å². The number of carbonyl (C=O) groups is 2. The van der Waals surface area contributed by atoms with Gasteiger partial charge in [-0.2, -0.15) is 17.6 Å². The Hall–Kier alpha value is -3.39. The Morgan fingerprint density at radius 2 is 0.781 bits per heavy atom. The highest BCUT2D eigenvalue weighted by Crippen LogP contribution is 2.33. The number of alkyl halides is 1. The van der Waals surface area contributed by atoms with Gasteiger partial charge in [0, 0.05) is 6.42 Å². The van der Waals surface area contributed by atoms with Gasteiger partial charge in [-0.1, -0.05) is 6.92 Å². The second-order valence-corrected chi connectivity index (χ2v) is 5.73. The van der Waals surface area contributed by atoms with E-state index in [1.165, 1.54) is 0 Å². The molecule has 174 valence electrons. The maximum atomic E-state index is 14.8. The third-order valence-electron chi connectivity index (χ3n) is 3.86. The molecule has 0 radical (unpaired) electrons. The first-order chi connectivity index (χ1) is 14.7. The van der Waals surface area contributed by atoms with Crippen LogP contribution in [0.1, 0.15) is 13.3 Å². The molecule has 32 heavy (non-hydrogen) atoms. The van der Waals surface area contributed by atoms with Gasteiger partial charge < -0.3 is 9.47 Å². The molecular weight excluding hydrogens is 477 g/mol. The molecule has 0 amide bonds. The van der Waals surface area contributed by atoms with Gasteiger partial charge in [0.25, 0.3) is 0 Å². The van der Waals surface area contributed by atoms with Crippen LogP contribution in [-0.2, 0) is 9.59 Å². The smallest absolute Gasteiger partial charge is 0.361 e. The summed E-state index contributed by atoms with van der Waals surface area (Å²) in [6.45, 7) is 0.638. The Morgan fingerprint density at radius 1 is 0.562 bits per heavy atom. The second-order valence-electron chi connectivity index (χ2n) is 5.73. The fourth-order valence-electron chi connectivity index (χ4n) is 2.07. The summed E-state index contributed by atoms with van der Waals surface area (Å²) in [6, 6.07) is 0. The minimum absolute atomic E-state index is 0.638. The van der Waals surface area contributed by atoms with Gasteiger partial charge in [-0.05, 0) is 0 Å². The fourth-order valence-corrected chi connectivity index (χ4v) is 2.07. The number of esters is 2. The van der Waals surface area contributed by atoms with Crippen LogP contribution in [0, 0.1) is 58.2 Å². The SMILES string of the molecule is CCC(F)(C(=O)Oc1c(F)c(F)c(F)c(F)c1F)C(=O)Oc1c(F)c(F)c(F)c(F)c1F. The third kappa shape index (κ3) is 3.82. The molecule has 0 unspecified atom stereocenters. The maximum Gasteiger partial charge on any atom is 0.361 e. The Bertz CT molecular complexity index is 991. The van der Waals surface area contributed by atoms with Crippen molar-refractivity contribution in [3.05, 3.63) is 58.2 Å². The zero-order valence-corrected chi connectivity index (χ0v) is 15.0. The molecule has 2 rings (SSSR count). The van der Waals surface area contributed by atoms with Crippen LogP contribution in [-0.4, -0.2) is 17.6 Å². The molecule has 0 N–H and O–H groups in total. The second kappa shape index (κ2) is 8.63. The van der Waals surface area contributed by atoms with Gasteiger partial charge in [0.1, 0.15) is 0 Å². The molecular formula is C17H5F11O4. The van der Waals surface area contributed by atoms with E-state index in [0.717, 1.165) is 0 Å². The van der Waals surface area contributed by atoms with E-state index in [1.807, 2.05) is 0 Å². The van der Waals surface area contributed by atoms with Crippen LogP contribution in [0.2, 0.25) is 0 Å². The van der Waals surface area contributed by atoms with Crippen molar-refractivity contribution >= 4 is 11.9 Å². The van der Waals surface area contributed by atoms with Crippen LogP contribution < -0.4 is 9.47 Å². The van der Waals surface area contributed by atoms with E-state index in [2.05, 4.69) is 9.47 Å². The fraction of sp³-hybridized carbons (Fsp3) is 0.176. The third-order valence-corrected chi connectivity index (χ3v) is 3.86. The predicted molar refractivity (Wildman–Crippen MR) is 77.9 cm³/mol. The Balaban J connectivity index is 2.46. The largest absolute Gasteiger partial charge is 0.417 e. The van der Waals surface area contributed by atoms with Crippen molar-refractivity contribution < 1.29 is 67.4 Å². The van der Waals surface area contributed by atoms with Crippen molar-refractivity contribution in [2.75, 3.05) is 0 Å². The zero-order valence-electron chi connectivity index (χ0n) is 15.0. The highest BCUT2D eigenvalue weighted by molar-refractivity contribution is 6.05. The van der Waals surface area contributed by atoms with Gasteiger partial charge in [-0.3, -0.25) is 0 Å². The number of ether oxygens (including phenoxy) is 2. The minimum Gasteiger partial charge on any atom is -0.417 e. The Labute approximate surface area is 169 Å². The van der Waals surface area contributed by atoms with Crippen LogP contribution in [0.15, 0.2) is 0 Å². The molecule has 0 bridgehead atoms. The predicted octanol–water partition coefficient (Wildman–Crippen LogP) is 4.71. The van der Waals surface area contributed by atoms with Crippen LogP contribution in [0.4, 0.5) is 48.3 Å². The van der Waals surface area contributed by atoms with Gasteiger partial charge in [0.05, 0.1) is 0 Å². The highest BCUT2D eigenvalue weighted by atomic mass is 19.2. The number of rotatable bonds is 5. The summed E-state index contributed by atoms with van der Waals surface area (Å²) in [5.41, 5.74) is -4.26. The standard InChI is InChI=1S/C17H5F11O4/c1-2-17(28,15(29)31-13-9(24)5(20)3(18)6(21)10(13)25)16(30)32-14-11(26)7(22)4(19)8(23)12(14)27/h2H2,1H3. The van der Waals surface area contributed by atoms with E-state index in [-0.39, 0.29) is 0 Å². The first kappa shape index (κ1) is 24.9. The molecule has 15 heteroatoms. The molecule has 0 saturated carbocycles. The normalized spacial score (nSPS) is 11.5. The molecule has 0 spiro atoms. The van der Waals surface area contributed by atoms with Crippen molar-refractivity contribution in [1.82, 2.24) is 0 Å². The maximum absolute atomic E-state index is 14.8. The topological polar surface area (TPSA) is 52.6 Å². The lowest BCUT2D eigenvalue weighted by Crippen LogP contribution is -2.47. The average molecular weight is 482 g/mol. The molecule has 2 aromatic rings. The summed E-state index contributed by atoms with van der Waals surface area (Å²) in [4.78, 5) is 23.8. The quantitative estimate of drug-likeness (QED) is 0.155. The number of hydrogen-bond donors (Lipinski definition) is 0. The van der Waals surface area contributed by atoms with E-state index in [9.17, 15) is 57.9 Å². The molecule has 0 fully saturated rings. The number of carbonyl (C=O) groups excluding carboxylic acids is 2. The highest BCUT2D eigenvalue weighted by Gasteiger charge is 2.51. The van der Waals surface area contributed by atoms with E-state index in [4.69, 9.17) is 0 Å². The van der Waals surface area contributed by atoms with Crippen molar-refractivity contribution in [2.24, 2.45) is 0 Å². The molecule has 0 saturated heterocycles. The zero-order chi connectivity index (χ0) is 24.7. The molecule has 0 aromatic heterocycles. The molecule has 2 aromatic carbocycles. The number of hydrogen-bond acceptors (Lipinski definition) is 4. The van der Waals surface area contributed by atoms with Crippen molar-refractivity contribution in [3.63, 3.8) is 0 Å². The van der Waals surface area contributed by atoms with Crippen molar-refractivity contribution in [2.45, 2.75) is 19.0 Å². The van der Waals surface area contributed by atoms with Crippen molar-refractivity contribution in [1.29, 1.82) is 0 Å². The van der Waals surface area contributed by atoms with Crippen LogP contribution >= 0.6 is 0 Å². The lowest BCUT2D eigenvalue weighted by atomic mass is 10.0. The average Bonchev–Trinajstić information content (AvgIpc) is 2.78. The molecule has 4 nitrogen and oxygen atoms in total. The molecule has 0 aliphatic heterocycles. The van der Waals surface area contributed by atoms with Gasteiger partial charge in [0.2, 0.25) is 69.7 Å². The molecule has 0 aliphatic rings. The summed E-state index contributed by atoms with van der Waals surface area (Å²) in [5.74, 6) is -36.9. The Kier molecular flexibility index (Phi) is 6.70. The number of halogens is 11. The molecule has 0 heterocycles. The van der Waals surface area contributed by atoms with Crippen LogP contribution in [0.3, 0.4) is 0 Å². The summed E-state index contributed by atoms with van der Waals surface area (Å²) in [7, 11) is 0. The minimum atomic E-state index is -4.26. The van der Waals surface area contributed by atoms with Gasteiger partial charge in [-0.15, -0.1) is 0 Å². The Morgan fingerprint density at radius 3 is 1.00 bits per heavy atom. The summed E-state index contributed by atoms with van der Waals surface area (Å²) >= 11 is 0. The van der Waals surface area contributed by atoms with E-state index in [1.54, 1.807) is 0 Å². The first-order valence-corrected chi connectivity index (χ1v) is 7.86. The lowest BCUT2D eigenvalue weighted by Gasteiger charge is -2.20. The first-order valence-electron chi connectivity index (χ1n) is 7.86. The van der Waals surface area contributed by atoms with Crippen LogP contribution in [0.25, 0.3) is 0 Å². The van der Waals surface area contributed by atoms with Crippen LogP contribution in [0.5, 0.6) is 11.5 Å². The monoisotopic (exact) mass is 482 g/mol. The number of benzene rings is 2. The van der Waals surface area contributed by atoms with E-state index < -0.39 is 93.7 Å². The lowest BCUT2D eigenvalue weighted by molar-refractivity contribution is -0.164. The molecule has 0 aliphatic carbocycles. The van der Waals surface area contributed by atoms with Gasteiger partial charge in [-0.25, -0.2) is 40.3 Å². The van der Waals surface area contributed by atoms with Gasteiger partial charge >= 0.3 is 17.6 Å². The van der Waals surface area contributed by atoms with E-state index >= 15 is 0 Å². The summed E-state index contributed by atoms with van der Waals surface area (Å²) in [5, 5.41) is 0.